The smallest absolute Gasteiger partial charge is 0.152 e. The summed E-state index contributed by atoms with van der Waals surface area (Å²) in [5, 5.41) is 13.2. The summed E-state index contributed by atoms with van der Waals surface area (Å²) in [4.78, 5) is 2.40. The Morgan fingerprint density at radius 2 is 1.65 bits per heavy atom. The van der Waals surface area contributed by atoms with Gasteiger partial charge in [-0.15, -0.1) is 35.0 Å². The van der Waals surface area contributed by atoms with Crippen LogP contribution in [0.25, 0.3) is 11.3 Å². The van der Waals surface area contributed by atoms with Crippen molar-refractivity contribution in [1.29, 1.82) is 0 Å². The second-order valence-corrected chi connectivity index (χ2v) is 7.59. The van der Waals surface area contributed by atoms with Crippen molar-refractivity contribution in [3.8, 4) is 11.3 Å². The van der Waals surface area contributed by atoms with Crippen LogP contribution in [-0.4, -0.2) is 54.5 Å². The SMILES string of the molecule is Cl.Cl.Clc1ccc(Cc2cc(-c3ccccc3)nnc2NCCN2CCOCC2)cc1. The first-order valence-electron chi connectivity index (χ1n) is 9.98. The minimum atomic E-state index is 0. The molecule has 0 saturated carbocycles. The number of nitrogens with zero attached hydrogens (tertiary/aromatic N) is 3. The normalized spacial score (nSPS) is 13.7. The molecular formula is C23H27Cl3N4O. The van der Waals surface area contributed by atoms with E-state index < -0.39 is 0 Å². The Morgan fingerprint density at radius 3 is 2.35 bits per heavy atom. The maximum atomic E-state index is 6.05. The highest BCUT2D eigenvalue weighted by Gasteiger charge is 2.12. The van der Waals surface area contributed by atoms with E-state index in [1.54, 1.807) is 0 Å². The molecule has 0 bridgehead atoms. The number of hydrogen-bond acceptors (Lipinski definition) is 5. The first-order chi connectivity index (χ1) is 14.3. The van der Waals surface area contributed by atoms with Gasteiger partial charge in [-0.3, -0.25) is 4.90 Å². The number of aromatic nitrogens is 2. The van der Waals surface area contributed by atoms with Crippen molar-refractivity contribution in [2.75, 3.05) is 44.7 Å². The number of benzene rings is 2. The first kappa shape index (κ1) is 25.4. The van der Waals surface area contributed by atoms with Gasteiger partial charge in [-0.2, -0.15) is 0 Å². The van der Waals surface area contributed by atoms with Crippen LogP contribution in [0.1, 0.15) is 11.1 Å². The van der Waals surface area contributed by atoms with Crippen LogP contribution in [0.5, 0.6) is 0 Å². The minimum Gasteiger partial charge on any atom is -0.379 e. The van der Waals surface area contributed by atoms with Crippen molar-refractivity contribution in [1.82, 2.24) is 15.1 Å². The van der Waals surface area contributed by atoms with Gasteiger partial charge in [-0.25, -0.2) is 0 Å². The van der Waals surface area contributed by atoms with Crippen LogP contribution >= 0.6 is 36.4 Å². The summed E-state index contributed by atoms with van der Waals surface area (Å²) in [6, 6.07) is 20.3. The molecule has 0 aliphatic carbocycles. The van der Waals surface area contributed by atoms with Crippen LogP contribution in [-0.2, 0) is 11.2 Å². The van der Waals surface area contributed by atoms with E-state index in [2.05, 4.69) is 50.7 Å². The lowest BCUT2D eigenvalue weighted by molar-refractivity contribution is 0.0398. The number of rotatable bonds is 7. The van der Waals surface area contributed by atoms with Crippen molar-refractivity contribution in [2.45, 2.75) is 6.42 Å². The Bertz CT molecular complexity index is 920. The molecule has 0 amide bonds. The second-order valence-electron chi connectivity index (χ2n) is 7.15. The number of ether oxygens (including phenoxy) is 1. The summed E-state index contributed by atoms with van der Waals surface area (Å²) in [7, 11) is 0. The van der Waals surface area contributed by atoms with E-state index in [1.165, 1.54) is 5.56 Å². The Balaban J connectivity index is 0.00000171. The molecular weight excluding hydrogens is 455 g/mol. The molecule has 0 radical (unpaired) electrons. The van der Waals surface area contributed by atoms with Crippen LogP contribution in [0.4, 0.5) is 5.82 Å². The molecule has 2 heterocycles. The summed E-state index contributed by atoms with van der Waals surface area (Å²) >= 11 is 6.05. The van der Waals surface area contributed by atoms with E-state index in [-0.39, 0.29) is 24.8 Å². The molecule has 3 aromatic rings. The van der Waals surface area contributed by atoms with Gasteiger partial charge in [0.15, 0.2) is 5.82 Å². The third-order valence-corrected chi connectivity index (χ3v) is 5.33. The fourth-order valence-electron chi connectivity index (χ4n) is 3.44. The van der Waals surface area contributed by atoms with E-state index in [1.807, 2.05) is 30.3 Å². The van der Waals surface area contributed by atoms with Gasteiger partial charge in [0, 0.05) is 48.7 Å². The quantitative estimate of drug-likeness (QED) is 0.516. The molecule has 5 nitrogen and oxygen atoms in total. The lowest BCUT2D eigenvalue weighted by Gasteiger charge is -2.26. The third kappa shape index (κ3) is 7.34. The summed E-state index contributed by atoms with van der Waals surface area (Å²) in [5.41, 5.74) is 4.27. The van der Waals surface area contributed by atoms with Crippen molar-refractivity contribution in [3.63, 3.8) is 0 Å². The number of morpholine rings is 1. The van der Waals surface area contributed by atoms with Gasteiger partial charge in [-0.1, -0.05) is 54.1 Å². The molecule has 0 atom stereocenters. The van der Waals surface area contributed by atoms with Gasteiger partial charge in [0.2, 0.25) is 0 Å². The van der Waals surface area contributed by atoms with Crippen molar-refractivity contribution in [2.24, 2.45) is 0 Å². The van der Waals surface area contributed by atoms with Crippen LogP contribution in [0, 0.1) is 0 Å². The van der Waals surface area contributed by atoms with Gasteiger partial charge in [-0.05, 0) is 23.8 Å². The van der Waals surface area contributed by atoms with Gasteiger partial charge in [0.25, 0.3) is 0 Å². The van der Waals surface area contributed by atoms with Gasteiger partial charge >= 0.3 is 0 Å². The number of hydrogen-bond donors (Lipinski definition) is 1. The van der Waals surface area contributed by atoms with Crippen LogP contribution in [0.15, 0.2) is 60.7 Å². The van der Waals surface area contributed by atoms with E-state index >= 15 is 0 Å². The Kier molecular flexibility index (Phi) is 10.5. The van der Waals surface area contributed by atoms with E-state index in [4.69, 9.17) is 16.3 Å². The molecule has 1 saturated heterocycles. The van der Waals surface area contributed by atoms with Crippen molar-refractivity contribution >= 4 is 42.2 Å². The molecule has 1 aliphatic heterocycles. The third-order valence-electron chi connectivity index (χ3n) is 5.07. The molecule has 1 aromatic heterocycles. The van der Waals surface area contributed by atoms with Gasteiger partial charge < -0.3 is 10.1 Å². The fourth-order valence-corrected chi connectivity index (χ4v) is 3.57. The summed E-state index contributed by atoms with van der Waals surface area (Å²) in [6.45, 7) is 5.38. The molecule has 0 spiro atoms. The Labute approximate surface area is 201 Å². The maximum absolute atomic E-state index is 6.05. The predicted octanol–water partition coefficient (Wildman–Crippen LogP) is 4.98. The average Bonchev–Trinajstić information content (AvgIpc) is 2.77. The van der Waals surface area contributed by atoms with Crippen molar-refractivity contribution < 1.29 is 4.74 Å². The Morgan fingerprint density at radius 1 is 0.935 bits per heavy atom. The molecule has 1 fully saturated rings. The number of anilines is 1. The second kappa shape index (κ2) is 12.8. The summed E-state index contributed by atoms with van der Waals surface area (Å²) < 4.78 is 5.42. The van der Waals surface area contributed by atoms with Gasteiger partial charge in [0.05, 0.1) is 18.9 Å². The molecule has 31 heavy (non-hydrogen) atoms. The fraction of sp³-hybridized carbons (Fsp3) is 0.304. The highest BCUT2D eigenvalue weighted by atomic mass is 35.5. The largest absolute Gasteiger partial charge is 0.379 e. The Hall–Kier alpha value is -1.89. The molecule has 2 aromatic carbocycles. The van der Waals surface area contributed by atoms with Crippen LogP contribution < -0.4 is 5.32 Å². The molecule has 1 N–H and O–H groups in total. The van der Waals surface area contributed by atoms with E-state index in [0.29, 0.717) is 0 Å². The zero-order valence-corrected chi connectivity index (χ0v) is 19.6. The molecule has 1 aliphatic rings. The van der Waals surface area contributed by atoms with Crippen LogP contribution in [0.3, 0.4) is 0 Å². The monoisotopic (exact) mass is 480 g/mol. The van der Waals surface area contributed by atoms with E-state index in [9.17, 15) is 0 Å². The topological polar surface area (TPSA) is 50.3 Å². The maximum Gasteiger partial charge on any atom is 0.152 e. The number of nitrogens with one attached hydrogen (secondary N) is 1. The number of halogens is 3. The standard InChI is InChI=1S/C23H25ClN4O.2ClH/c24-21-8-6-18(7-9-21)16-20-17-22(19-4-2-1-3-5-19)26-27-23(20)25-10-11-28-12-14-29-15-13-28;;/h1-9,17H,10-16H2,(H,25,27);2*1H. The lowest BCUT2D eigenvalue weighted by atomic mass is 10.0. The minimum absolute atomic E-state index is 0. The highest BCUT2D eigenvalue weighted by molar-refractivity contribution is 6.30. The highest BCUT2D eigenvalue weighted by Crippen LogP contribution is 2.23. The van der Waals surface area contributed by atoms with Gasteiger partial charge in [0.1, 0.15) is 0 Å². The molecule has 8 heteroatoms. The lowest BCUT2D eigenvalue weighted by Crippen LogP contribution is -2.39. The predicted molar refractivity (Wildman–Crippen MR) is 132 cm³/mol. The summed E-state index contributed by atoms with van der Waals surface area (Å²) in [6.07, 6.45) is 0.770. The zero-order chi connectivity index (χ0) is 19.9. The molecule has 0 unspecified atom stereocenters. The average molecular weight is 482 g/mol. The molecule has 4 rings (SSSR count). The van der Waals surface area contributed by atoms with E-state index in [0.717, 1.165) is 73.5 Å². The molecule has 166 valence electrons. The first-order valence-corrected chi connectivity index (χ1v) is 10.4. The van der Waals surface area contributed by atoms with Crippen molar-refractivity contribution in [3.05, 3.63) is 76.8 Å². The summed E-state index contributed by atoms with van der Waals surface area (Å²) in [5.74, 6) is 0.841. The zero-order valence-electron chi connectivity index (χ0n) is 17.2. The van der Waals surface area contributed by atoms with Crippen LogP contribution in [0.2, 0.25) is 5.02 Å².